The highest BCUT2D eigenvalue weighted by atomic mass is 19.1. The van der Waals surface area contributed by atoms with Crippen LogP contribution < -0.4 is 10.6 Å². The fourth-order valence-electron chi connectivity index (χ4n) is 2.24. The standard InChI is InChI=1S/C19H15FN4O2/c1-12(25)13-4-2-6-15(8-13)23-18-11-21-17(10-22-18)19(26)24-16-7-3-5-14(20)9-16/h2-11H,1H3,(H,22,23)(H,24,26). The molecule has 0 unspecified atom stereocenters. The molecule has 7 heteroatoms. The number of nitrogens with zero attached hydrogens (tertiary/aromatic N) is 2. The van der Waals surface area contributed by atoms with E-state index in [1.54, 1.807) is 30.3 Å². The second-order valence-corrected chi connectivity index (χ2v) is 5.51. The highest BCUT2D eigenvalue weighted by molar-refractivity contribution is 6.02. The molecule has 2 N–H and O–H groups in total. The largest absolute Gasteiger partial charge is 0.339 e. The molecule has 26 heavy (non-hydrogen) atoms. The molecule has 0 radical (unpaired) electrons. The third-order valence-corrected chi connectivity index (χ3v) is 3.51. The van der Waals surface area contributed by atoms with Gasteiger partial charge in [0, 0.05) is 16.9 Å². The molecule has 0 atom stereocenters. The number of benzene rings is 2. The van der Waals surface area contributed by atoms with Gasteiger partial charge in [0.05, 0.1) is 12.4 Å². The fraction of sp³-hybridized carbons (Fsp3) is 0.0526. The lowest BCUT2D eigenvalue weighted by Crippen LogP contribution is -2.14. The maximum absolute atomic E-state index is 13.1. The molecule has 0 fully saturated rings. The van der Waals surface area contributed by atoms with Crippen LogP contribution >= 0.6 is 0 Å². The molecular weight excluding hydrogens is 335 g/mol. The van der Waals surface area contributed by atoms with Gasteiger partial charge < -0.3 is 10.6 Å². The first kappa shape index (κ1) is 17.2. The van der Waals surface area contributed by atoms with Gasteiger partial charge in [-0.25, -0.2) is 14.4 Å². The van der Waals surface area contributed by atoms with Crippen LogP contribution in [-0.4, -0.2) is 21.7 Å². The number of carbonyl (C=O) groups excluding carboxylic acids is 2. The van der Waals surface area contributed by atoms with Gasteiger partial charge in [-0.15, -0.1) is 0 Å². The molecule has 0 saturated carbocycles. The number of ketones is 1. The van der Waals surface area contributed by atoms with Crippen molar-refractivity contribution in [3.8, 4) is 0 Å². The summed E-state index contributed by atoms with van der Waals surface area (Å²) in [6.45, 7) is 1.49. The zero-order valence-electron chi connectivity index (χ0n) is 13.9. The van der Waals surface area contributed by atoms with Crippen LogP contribution in [0, 0.1) is 5.82 Å². The Bertz CT molecular complexity index is 958. The van der Waals surface area contributed by atoms with Crippen LogP contribution in [0.4, 0.5) is 21.6 Å². The van der Waals surface area contributed by atoms with Crippen molar-refractivity contribution >= 4 is 28.9 Å². The number of halogens is 1. The van der Waals surface area contributed by atoms with Crippen LogP contribution in [0.15, 0.2) is 60.9 Å². The highest BCUT2D eigenvalue weighted by Gasteiger charge is 2.09. The second-order valence-electron chi connectivity index (χ2n) is 5.51. The maximum atomic E-state index is 13.1. The zero-order chi connectivity index (χ0) is 18.5. The maximum Gasteiger partial charge on any atom is 0.275 e. The summed E-state index contributed by atoms with van der Waals surface area (Å²) in [7, 11) is 0. The second kappa shape index (κ2) is 7.52. The normalized spacial score (nSPS) is 10.2. The smallest absolute Gasteiger partial charge is 0.275 e. The molecule has 0 aliphatic heterocycles. The minimum absolute atomic E-state index is 0.0379. The monoisotopic (exact) mass is 350 g/mol. The summed E-state index contributed by atoms with van der Waals surface area (Å²) in [5, 5.41) is 5.56. The Kier molecular flexibility index (Phi) is 4.98. The number of hydrogen-bond donors (Lipinski definition) is 2. The van der Waals surface area contributed by atoms with Gasteiger partial charge in [-0.1, -0.05) is 18.2 Å². The van der Waals surface area contributed by atoms with E-state index in [4.69, 9.17) is 0 Å². The van der Waals surface area contributed by atoms with E-state index in [0.717, 1.165) is 0 Å². The quantitative estimate of drug-likeness (QED) is 0.684. The van der Waals surface area contributed by atoms with Gasteiger partial charge in [0.15, 0.2) is 5.78 Å². The number of carbonyl (C=O) groups is 2. The average molecular weight is 350 g/mol. The summed E-state index contributed by atoms with van der Waals surface area (Å²) in [4.78, 5) is 31.7. The van der Waals surface area contributed by atoms with E-state index in [1.165, 1.54) is 37.5 Å². The van der Waals surface area contributed by atoms with Crippen molar-refractivity contribution in [2.45, 2.75) is 6.92 Å². The van der Waals surface area contributed by atoms with Crippen LogP contribution in [0.3, 0.4) is 0 Å². The van der Waals surface area contributed by atoms with E-state index >= 15 is 0 Å². The van der Waals surface area contributed by atoms with E-state index in [0.29, 0.717) is 22.8 Å². The third kappa shape index (κ3) is 4.27. The van der Waals surface area contributed by atoms with Crippen molar-refractivity contribution in [2.24, 2.45) is 0 Å². The lowest BCUT2D eigenvalue weighted by Gasteiger charge is -2.08. The van der Waals surface area contributed by atoms with Crippen LogP contribution in [0.25, 0.3) is 0 Å². The highest BCUT2D eigenvalue weighted by Crippen LogP contribution is 2.16. The number of anilines is 3. The average Bonchev–Trinajstić information content (AvgIpc) is 2.62. The van der Waals surface area contributed by atoms with Gasteiger partial charge in [-0.2, -0.15) is 0 Å². The summed E-state index contributed by atoms with van der Waals surface area (Å²) < 4.78 is 13.1. The predicted molar refractivity (Wildman–Crippen MR) is 96.1 cm³/mol. The van der Waals surface area contributed by atoms with Crippen molar-refractivity contribution < 1.29 is 14.0 Å². The summed E-state index contributed by atoms with van der Waals surface area (Å²) in [6.07, 6.45) is 2.71. The van der Waals surface area contributed by atoms with Crippen LogP contribution in [0.2, 0.25) is 0 Å². The Labute approximate surface area is 149 Å². The molecule has 0 saturated heterocycles. The Balaban J connectivity index is 1.69. The van der Waals surface area contributed by atoms with Gasteiger partial charge in [0.1, 0.15) is 17.3 Å². The van der Waals surface area contributed by atoms with Crippen molar-refractivity contribution in [1.82, 2.24) is 9.97 Å². The minimum Gasteiger partial charge on any atom is -0.339 e. The van der Waals surface area contributed by atoms with Crippen molar-refractivity contribution in [3.05, 3.63) is 78.0 Å². The molecule has 0 bridgehead atoms. The van der Waals surface area contributed by atoms with E-state index in [1.807, 2.05) is 0 Å². The van der Waals surface area contributed by atoms with E-state index in [2.05, 4.69) is 20.6 Å². The Morgan fingerprint density at radius 3 is 2.42 bits per heavy atom. The third-order valence-electron chi connectivity index (χ3n) is 3.51. The molecular formula is C19H15FN4O2. The van der Waals surface area contributed by atoms with Crippen LogP contribution in [-0.2, 0) is 0 Å². The van der Waals surface area contributed by atoms with Gasteiger partial charge in [-0.05, 0) is 37.3 Å². The number of amides is 1. The number of Topliss-reactive ketones (excluding diaryl/α,β-unsaturated/α-hetero) is 1. The van der Waals surface area contributed by atoms with E-state index < -0.39 is 11.7 Å². The molecule has 1 heterocycles. The number of aromatic nitrogens is 2. The van der Waals surface area contributed by atoms with Gasteiger partial charge in [-0.3, -0.25) is 9.59 Å². The molecule has 2 aromatic carbocycles. The Morgan fingerprint density at radius 2 is 1.73 bits per heavy atom. The molecule has 0 spiro atoms. The van der Waals surface area contributed by atoms with Crippen LogP contribution in [0.5, 0.6) is 0 Å². The Morgan fingerprint density at radius 1 is 0.962 bits per heavy atom. The van der Waals surface area contributed by atoms with Crippen LogP contribution in [0.1, 0.15) is 27.8 Å². The number of rotatable bonds is 5. The molecule has 6 nitrogen and oxygen atoms in total. The van der Waals surface area contributed by atoms with Gasteiger partial charge in [0.2, 0.25) is 0 Å². The SMILES string of the molecule is CC(=O)c1cccc(Nc2cnc(C(=O)Nc3cccc(F)c3)cn2)c1. The number of nitrogens with one attached hydrogen (secondary N) is 2. The lowest BCUT2D eigenvalue weighted by molar-refractivity contribution is 0.101. The molecule has 1 amide bonds. The van der Waals surface area contributed by atoms with E-state index in [9.17, 15) is 14.0 Å². The predicted octanol–water partition coefficient (Wildman–Crippen LogP) is 3.81. The van der Waals surface area contributed by atoms with Crippen molar-refractivity contribution in [2.75, 3.05) is 10.6 Å². The first-order valence-corrected chi connectivity index (χ1v) is 7.78. The summed E-state index contributed by atoms with van der Waals surface area (Å²) in [6, 6.07) is 12.5. The zero-order valence-corrected chi connectivity index (χ0v) is 13.9. The van der Waals surface area contributed by atoms with Gasteiger partial charge in [0.25, 0.3) is 5.91 Å². The number of hydrogen-bond acceptors (Lipinski definition) is 5. The lowest BCUT2D eigenvalue weighted by atomic mass is 10.1. The molecule has 1 aromatic heterocycles. The fourth-order valence-corrected chi connectivity index (χ4v) is 2.24. The topological polar surface area (TPSA) is 84.0 Å². The van der Waals surface area contributed by atoms with Crippen molar-refractivity contribution in [1.29, 1.82) is 0 Å². The molecule has 130 valence electrons. The summed E-state index contributed by atoms with van der Waals surface area (Å²) in [5.41, 5.74) is 1.69. The molecule has 0 aliphatic carbocycles. The minimum atomic E-state index is -0.492. The Hall–Kier alpha value is -3.61. The first-order chi connectivity index (χ1) is 12.5. The van der Waals surface area contributed by atoms with Crippen molar-refractivity contribution in [3.63, 3.8) is 0 Å². The molecule has 3 aromatic rings. The van der Waals surface area contributed by atoms with Gasteiger partial charge >= 0.3 is 0 Å². The first-order valence-electron chi connectivity index (χ1n) is 7.78. The summed E-state index contributed by atoms with van der Waals surface area (Å²) >= 11 is 0. The molecule has 3 rings (SSSR count). The van der Waals surface area contributed by atoms with E-state index in [-0.39, 0.29) is 11.5 Å². The molecule has 0 aliphatic rings. The summed E-state index contributed by atoms with van der Waals surface area (Å²) in [5.74, 6) is -0.549.